The molecule has 0 saturated carbocycles. The number of benzene rings is 2. The lowest BCUT2D eigenvalue weighted by Gasteiger charge is -2.05. The first kappa shape index (κ1) is 13.7. The molecular formula is C17H11N3O2. The van der Waals surface area contributed by atoms with E-state index in [4.69, 9.17) is 10.00 Å². The standard InChI is InChI=1S/C17H11N3O2/c18-10-12-1-3-13(4-2-12)11-22-17(21)14-5-6-15-16(9-14)20-8-7-19-15/h1-9H,11H2. The topological polar surface area (TPSA) is 75.9 Å². The number of hydrogen-bond donors (Lipinski definition) is 0. The SMILES string of the molecule is N#Cc1ccc(COC(=O)c2ccc3nccnc3c2)cc1. The van der Waals surface area contributed by atoms with Gasteiger partial charge in [0.05, 0.1) is 28.2 Å². The van der Waals surface area contributed by atoms with Gasteiger partial charge in [0, 0.05) is 12.4 Å². The van der Waals surface area contributed by atoms with Gasteiger partial charge in [0.25, 0.3) is 0 Å². The van der Waals surface area contributed by atoms with Crippen molar-refractivity contribution in [3.8, 4) is 6.07 Å². The van der Waals surface area contributed by atoms with E-state index >= 15 is 0 Å². The number of rotatable bonds is 3. The normalized spacial score (nSPS) is 10.1. The number of hydrogen-bond acceptors (Lipinski definition) is 5. The predicted octanol–water partition coefficient (Wildman–Crippen LogP) is 2.86. The summed E-state index contributed by atoms with van der Waals surface area (Å²) >= 11 is 0. The molecule has 1 heterocycles. The molecule has 0 atom stereocenters. The zero-order valence-corrected chi connectivity index (χ0v) is 11.6. The lowest BCUT2D eigenvalue weighted by Crippen LogP contribution is -2.05. The number of nitriles is 1. The van der Waals surface area contributed by atoms with Gasteiger partial charge in [-0.3, -0.25) is 9.97 Å². The highest BCUT2D eigenvalue weighted by atomic mass is 16.5. The van der Waals surface area contributed by atoms with Gasteiger partial charge in [-0.2, -0.15) is 5.26 Å². The van der Waals surface area contributed by atoms with E-state index < -0.39 is 5.97 Å². The van der Waals surface area contributed by atoms with Crippen LogP contribution in [0.15, 0.2) is 54.9 Å². The Morgan fingerprint density at radius 3 is 2.50 bits per heavy atom. The Morgan fingerprint density at radius 2 is 1.77 bits per heavy atom. The van der Waals surface area contributed by atoms with E-state index in [1.54, 1.807) is 54.9 Å². The Bertz CT molecular complexity index is 867. The number of ether oxygens (including phenoxy) is 1. The van der Waals surface area contributed by atoms with Gasteiger partial charge in [0.15, 0.2) is 0 Å². The van der Waals surface area contributed by atoms with Gasteiger partial charge >= 0.3 is 5.97 Å². The number of carbonyl (C=O) groups is 1. The molecule has 0 amide bonds. The van der Waals surface area contributed by atoms with Crippen molar-refractivity contribution in [1.29, 1.82) is 5.26 Å². The largest absolute Gasteiger partial charge is 0.457 e. The van der Waals surface area contributed by atoms with Crippen LogP contribution in [0.4, 0.5) is 0 Å². The summed E-state index contributed by atoms with van der Waals surface area (Å²) in [4.78, 5) is 20.4. The lowest BCUT2D eigenvalue weighted by atomic mass is 10.1. The van der Waals surface area contributed by atoms with Crippen molar-refractivity contribution in [1.82, 2.24) is 9.97 Å². The summed E-state index contributed by atoms with van der Waals surface area (Å²) in [6.07, 6.45) is 3.18. The molecule has 0 aliphatic rings. The van der Waals surface area contributed by atoms with Crippen molar-refractivity contribution in [3.05, 3.63) is 71.5 Å². The van der Waals surface area contributed by atoms with Crippen LogP contribution in [0.2, 0.25) is 0 Å². The predicted molar refractivity (Wildman–Crippen MR) is 79.8 cm³/mol. The van der Waals surface area contributed by atoms with E-state index in [0.29, 0.717) is 16.6 Å². The Morgan fingerprint density at radius 1 is 1.05 bits per heavy atom. The summed E-state index contributed by atoms with van der Waals surface area (Å²) in [5, 5.41) is 8.74. The molecule has 0 fully saturated rings. The quantitative estimate of drug-likeness (QED) is 0.693. The third-order valence-corrected chi connectivity index (χ3v) is 3.16. The molecule has 0 radical (unpaired) electrons. The van der Waals surface area contributed by atoms with Gasteiger partial charge in [0.2, 0.25) is 0 Å². The zero-order valence-electron chi connectivity index (χ0n) is 11.6. The first-order chi connectivity index (χ1) is 10.8. The van der Waals surface area contributed by atoms with Crippen LogP contribution in [-0.4, -0.2) is 15.9 Å². The summed E-state index contributed by atoms with van der Waals surface area (Å²) in [7, 11) is 0. The molecule has 3 aromatic rings. The molecule has 5 nitrogen and oxygen atoms in total. The monoisotopic (exact) mass is 289 g/mol. The van der Waals surface area contributed by atoms with Crippen LogP contribution in [0, 0.1) is 11.3 Å². The Kier molecular flexibility index (Phi) is 3.75. The first-order valence-corrected chi connectivity index (χ1v) is 6.63. The van der Waals surface area contributed by atoms with Crippen LogP contribution in [0.1, 0.15) is 21.5 Å². The smallest absolute Gasteiger partial charge is 0.338 e. The minimum Gasteiger partial charge on any atom is -0.457 e. The second-order valence-electron chi connectivity index (χ2n) is 4.64. The summed E-state index contributed by atoms with van der Waals surface area (Å²) < 4.78 is 5.27. The van der Waals surface area contributed by atoms with Gasteiger partial charge < -0.3 is 4.74 Å². The fraction of sp³-hybridized carbons (Fsp3) is 0.0588. The highest BCUT2D eigenvalue weighted by molar-refractivity contribution is 5.93. The maximum Gasteiger partial charge on any atom is 0.338 e. The molecule has 5 heteroatoms. The second kappa shape index (κ2) is 6.02. The molecule has 0 N–H and O–H groups in total. The Balaban J connectivity index is 1.71. The van der Waals surface area contributed by atoms with Crippen LogP contribution in [0.5, 0.6) is 0 Å². The van der Waals surface area contributed by atoms with Gasteiger partial charge in [0.1, 0.15) is 6.61 Å². The van der Waals surface area contributed by atoms with E-state index in [0.717, 1.165) is 11.1 Å². The number of esters is 1. The van der Waals surface area contributed by atoms with Crippen LogP contribution in [0.25, 0.3) is 11.0 Å². The molecule has 0 aliphatic heterocycles. The van der Waals surface area contributed by atoms with Crippen molar-refractivity contribution in [3.63, 3.8) is 0 Å². The molecule has 106 valence electrons. The van der Waals surface area contributed by atoms with Gasteiger partial charge in [-0.1, -0.05) is 12.1 Å². The van der Waals surface area contributed by atoms with E-state index in [1.165, 1.54) is 0 Å². The third kappa shape index (κ3) is 2.91. The lowest BCUT2D eigenvalue weighted by molar-refractivity contribution is 0.0473. The van der Waals surface area contributed by atoms with Crippen LogP contribution in [0.3, 0.4) is 0 Å². The third-order valence-electron chi connectivity index (χ3n) is 3.16. The molecule has 0 saturated heterocycles. The highest BCUT2D eigenvalue weighted by Crippen LogP contribution is 2.13. The molecule has 1 aromatic heterocycles. The van der Waals surface area contributed by atoms with Crippen LogP contribution < -0.4 is 0 Å². The minimum atomic E-state index is -0.420. The maximum atomic E-state index is 12.1. The highest BCUT2D eigenvalue weighted by Gasteiger charge is 2.09. The fourth-order valence-electron chi connectivity index (χ4n) is 2.00. The average molecular weight is 289 g/mol. The molecule has 0 spiro atoms. The summed E-state index contributed by atoms with van der Waals surface area (Å²) in [5.41, 5.74) is 3.21. The van der Waals surface area contributed by atoms with Crippen molar-refractivity contribution >= 4 is 17.0 Å². The summed E-state index contributed by atoms with van der Waals surface area (Å²) in [6, 6.07) is 14.0. The molecular weight excluding hydrogens is 278 g/mol. The molecule has 2 aromatic carbocycles. The molecule has 0 aliphatic carbocycles. The van der Waals surface area contributed by atoms with Crippen molar-refractivity contribution in [2.24, 2.45) is 0 Å². The molecule has 0 unspecified atom stereocenters. The molecule has 22 heavy (non-hydrogen) atoms. The summed E-state index contributed by atoms with van der Waals surface area (Å²) in [5.74, 6) is -0.420. The Hall–Kier alpha value is -3.26. The fourth-order valence-corrected chi connectivity index (χ4v) is 2.00. The van der Waals surface area contributed by atoms with Gasteiger partial charge in [-0.25, -0.2) is 4.79 Å². The minimum absolute atomic E-state index is 0.156. The van der Waals surface area contributed by atoms with E-state index in [2.05, 4.69) is 9.97 Å². The average Bonchev–Trinajstić information content (AvgIpc) is 2.59. The number of fused-ring (bicyclic) bond motifs is 1. The molecule has 3 rings (SSSR count). The van der Waals surface area contributed by atoms with Gasteiger partial charge in [-0.05, 0) is 35.9 Å². The van der Waals surface area contributed by atoms with Gasteiger partial charge in [-0.15, -0.1) is 0 Å². The Labute approximate surface area is 126 Å². The van der Waals surface area contributed by atoms with Crippen molar-refractivity contribution in [2.75, 3.05) is 0 Å². The number of aromatic nitrogens is 2. The molecule has 0 bridgehead atoms. The zero-order chi connectivity index (χ0) is 15.4. The van der Waals surface area contributed by atoms with E-state index in [9.17, 15) is 4.79 Å². The second-order valence-corrected chi connectivity index (χ2v) is 4.64. The van der Waals surface area contributed by atoms with E-state index in [1.807, 2.05) is 6.07 Å². The van der Waals surface area contributed by atoms with Crippen LogP contribution >= 0.6 is 0 Å². The van der Waals surface area contributed by atoms with Crippen molar-refractivity contribution in [2.45, 2.75) is 6.61 Å². The van der Waals surface area contributed by atoms with Crippen LogP contribution in [-0.2, 0) is 11.3 Å². The summed E-state index contributed by atoms with van der Waals surface area (Å²) in [6.45, 7) is 0.156. The number of nitrogens with zero attached hydrogens (tertiary/aromatic N) is 3. The first-order valence-electron chi connectivity index (χ1n) is 6.63. The maximum absolute atomic E-state index is 12.1. The van der Waals surface area contributed by atoms with Crippen molar-refractivity contribution < 1.29 is 9.53 Å². The number of carbonyl (C=O) groups excluding carboxylic acids is 1. The van der Waals surface area contributed by atoms with E-state index in [-0.39, 0.29) is 6.61 Å².